The first-order valence-electron chi connectivity index (χ1n) is 8.16. The molecule has 7 nitrogen and oxygen atoms in total. The Hall–Kier alpha value is -2.57. The predicted octanol–water partition coefficient (Wildman–Crippen LogP) is 0.962. The van der Waals surface area contributed by atoms with Gasteiger partial charge in [-0.2, -0.15) is 5.10 Å². The van der Waals surface area contributed by atoms with Crippen LogP contribution in [0, 0.1) is 13.8 Å². The van der Waals surface area contributed by atoms with E-state index in [1.807, 2.05) is 47.5 Å². The number of hydrogen-bond acceptors (Lipinski definition) is 3. The average molecular weight is 329 g/mol. The fraction of sp³-hybridized carbons (Fsp3) is 0.471. The molecule has 0 aromatic carbocycles. The lowest BCUT2D eigenvalue weighted by atomic mass is 10.1. The summed E-state index contributed by atoms with van der Waals surface area (Å²) in [6.45, 7) is 5.63. The van der Waals surface area contributed by atoms with Crippen molar-refractivity contribution in [1.29, 1.82) is 0 Å². The molecule has 1 atom stereocenters. The van der Waals surface area contributed by atoms with Gasteiger partial charge in [-0.25, -0.2) is 0 Å². The molecule has 1 N–H and O–H groups in total. The van der Waals surface area contributed by atoms with Crippen LogP contribution in [-0.4, -0.2) is 50.7 Å². The fourth-order valence-electron chi connectivity index (χ4n) is 3.09. The topological polar surface area (TPSA) is 72.2 Å². The molecule has 3 rings (SSSR count). The highest BCUT2D eigenvalue weighted by Crippen LogP contribution is 2.16. The maximum Gasteiger partial charge on any atom is 0.270 e. The first kappa shape index (κ1) is 16.3. The third-order valence-electron chi connectivity index (χ3n) is 4.51. The average Bonchev–Trinajstić information content (AvgIpc) is 3.13. The van der Waals surface area contributed by atoms with E-state index in [1.54, 1.807) is 11.9 Å². The molecule has 7 heteroatoms. The van der Waals surface area contributed by atoms with Crippen LogP contribution in [0.1, 0.15) is 28.3 Å². The van der Waals surface area contributed by atoms with E-state index in [9.17, 15) is 9.59 Å². The van der Waals surface area contributed by atoms with Crippen LogP contribution >= 0.6 is 0 Å². The van der Waals surface area contributed by atoms with Gasteiger partial charge < -0.3 is 14.8 Å². The van der Waals surface area contributed by atoms with E-state index in [-0.39, 0.29) is 17.9 Å². The van der Waals surface area contributed by atoms with Crippen LogP contribution in [0.15, 0.2) is 24.4 Å². The Labute approximate surface area is 141 Å². The van der Waals surface area contributed by atoms with Gasteiger partial charge in [0.2, 0.25) is 5.91 Å². The minimum Gasteiger partial charge on any atom is -0.354 e. The van der Waals surface area contributed by atoms with Gasteiger partial charge >= 0.3 is 0 Å². The van der Waals surface area contributed by atoms with Gasteiger partial charge in [-0.05, 0) is 32.0 Å². The molecule has 128 valence electrons. The molecule has 0 spiro atoms. The third kappa shape index (κ3) is 3.20. The van der Waals surface area contributed by atoms with Crippen molar-refractivity contribution in [3.05, 3.63) is 41.5 Å². The lowest BCUT2D eigenvalue weighted by molar-refractivity contribution is -0.121. The van der Waals surface area contributed by atoms with E-state index in [0.717, 1.165) is 11.4 Å². The molecular formula is C17H23N5O2. The van der Waals surface area contributed by atoms with Crippen molar-refractivity contribution >= 4 is 11.8 Å². The zero-order chi connectivity index (χ0) is 17.3. The third-order valence-corrected chi connectivity index (χ3v) is 4.51. The number of hydrogen-bond donors (Lipinski definition) is 1. The van der Waals surface area contributed by atoms with E-state index >= 15 is 0 Å². The molecular weight excluding hydrogens is 306 g/mol. The maximum atomic E-state index is 12.3. The van der Waals surface area contributed by atoms with Gasteiger partial charge in [-0.15, -0.1) is 0 Å². The fourth-order valence-corrected chi connectivity index (χ4v) is 3.09. The van der Waals surface area contributed by atoms with Crippen molar-refractivity contribution in [2.45, 2.75) is 39.4 Å². The van der Waals surface area contributed by atoms with Crippen LogP contribution in [0.3, 0.4) is 0 Å². The van der Waals surface area contributed by atoms with Crippen molar-refractivity contribution in [3.8, 4) is 0 Å². The first-order valence-corrected chi connectivity index (χ1v) is 8.16. The molecule has 0 radical (unpaired) electrons. The number of carbonyl (C=O) groups is 2. The summed E-state index contributed by atoms with van der Waals surface area (Å²) in [6.07, 6.45) is 2.28. The molecule has 3 heterocycles. The number of nitrogens with zero attached hydrogens (tertiary/aromatic N) is 4. The standard InChI is InChI=1S/C17H23N5O2/c1-12-9-13(2)22(19-12)8-6-16(23)18-10-14-11-21-7-4-5-15(21)17(24)20(14)3/h4-5,7,9,14H,6,8,10-11H2,1-3H3,(H,18,23). The summed E-state index contributed by atoms with van der Waals surface area (Å²) >= 11 is 0. The number of carbonyl (C=O) groups excluding carboxylic acids is 2. The number of nitrogens with one attached hydrogen (secondary N) is 1. The number of rotatable bonds is 5. The summed E-state index contributed by atoms with van der Waals surface area (Å²) in [7, 11) is 1.78. The molecule has 1 aliphatic heterocycles. The van der Waals surface area contributed by atoms with Crippen LogP contribution < -0.4 is 5.32 Å². The van der Waals surface area contributed by atoms with E-state index in [1.165, 1.54) is 0 Å². The van der Waals surface area contributed by atoms with Gasteiger partial charge in [0.1, 0.15) is 5.69 Å². The predicted molar refractivity (Wildman–Crippen MR) is 89.6 cm³/mol. The molecule has 0 bridgehead atoms. The number of likely N-dealkylation sites (N-methyl/N-ethyl adjacent to an activating group) is 1. The Morgan fingerprint density at radius 1 is 1.42 bits per heavy atom. The minimum absolute atomic E-state index is 0.00635. The number of aromatic nitrogens is 3. The smallest absolute Gasteiger partial charge is 0.270 e. The highest BCUT2D eigenvalue weighted by atomic mass is 16.2. The quantitative estimate of drug-likeness (QED) is 0.888. The Morgan fingerprint density at radius 3 is 2.92 bits per heavy atom. The minimum atomic E-state index is -0.0324. The molecule has 0 saturated carbocycles. The van der Waals surface area contributed by atoms with Crippen molar-refractivity contribution < 1.29 is 9.59 Å². The molecule has 24 heavy (non-hydrogen) atoms. The highest BCUT2D eigenvalue weighted by molar-refractivity contribution is 5.93. The lowest BCUT2D eigenvalue weighted by Crippen LogP contribution is -2.50. The molecule has 1 aliphatic rings. The van der Waals surface area contributed by atoms with Gasteiger partial charge in [0.25, 0.3) is 5.91 Å². The summed E-state index contributed by atoms with van der Waals surface area (Å²) in [5, 5.41) is 7.29. The van der Waals surface area contributed by atoms with E-state index in [2.05, 4.69) is 10.4 Å². The summed E-state index contributed by atoms with van der Waals surface area (Å²) in [6, 6.07) is 5.66. The zero-order valence-corrected chi connectivity index (χ0v) is 14.3. The number of aryl methyl sites for hydroxylation is 3. The Bertz CT molecular complexity index is 761. The second-order valence-corrected chi connectivity index (χ2v) is 6.32. The number of amides is 2. The molecule has 0 saturated heterocycles. The molecule has 2 aromatic rings. The molecule has 0 aliphatic carbocycles. The van der Waals surface area contributed by atoms with Gasteiger partial charge in [0.05, 0.1) is 11.7 Å². The normalized spacial score (nSPS) is 17.0. The largest absolute Gasteiger partial charge is 0.354 e. The Morgan fingerprint density at radius 2 is 2.21 bits per heavy atom. The zero-order valence-electron chi connectivity index (χ0n) is 14.3. The Balaban J connectivity index is 1.51. The molecule has 0 fully saturated rings. The van der Waals surface area contributed by atoms with Crippen molar-refractivity contribution in [1.82, 2.24) is 24.6 Å². The van der Waals surface area contributed by atoms with E-state index in [4.69, 9.17) is 0 Å². The highest BCUT2D eigenvalue weighted by Gasteiger charge is 2.29. The molecule has 2 amide bonds. The van der Waals surface area contributed by atoms with E-state index in [0.29, 0.717) is 31.7 Å². The van der Waals surface area contributed by atoms with Crippen LogP contribution in [0.5, 0.6) is 0 Å². The summed E-state index contributed by atoms with van der Waals surface area (Å²) < 4.78 is 3.78. The summed E-state index contributed by atoms with van der Waals surface area (Å²) in [5.41, 5.74) is 2.71. The second kappa shape index (κ2) is 6.51. The van der Waals surface area contributed by atoms with Gasteiger partial charge in [0, 0.05) is 45.0 Å². The SMILES string of the molecule is Cc1cc(C)n(CCC(=O)NCC2Cn3cccc3C(=O)N2C)n1. The molecule has 1 unspecified atom stereocenters. The second-order valence-electron chi connectivity index (χ2n) is 6.32. The van der Waals surface area contributed by atoms with Crippen molar-refractivity contribution in [3.63, 3.8) is 0 Å². The van der Waals surface area contributed by atoms with Gasteiger partial charge in [-0.1, -0.05) is 0 Å². The Kier molecular flexibility index (Phi) is 4.42. The maximum absolute atomic E-state index is 12.3. The van der Waals surface area contributed by atoms with Crippen LogP contribution in [0.25, 0.3) is 0 Å². The first-order chi connectivity index (χ1) is 11.5. The van der Waals surface area contributed by atoms with Gasteiger partial charge in [0.15, 0.2) is 0 Å². The molecule has 2 aromatic heterocycles. The summed E-state index contributed by atoms with van der Waals surface area (Å²) in [5.74, 6) is -0.0326. The van der Waals surface area contributed by atoms with Crippen LogP contribution in [-0.2, 0) is 17.9 Å². The lowest BCUT2D eigenvalue weighted by Gasteiger charge is -2.33. The van der Waals surface area contributed by atoms with Crippen LogP contribution in [0.2, 0.25) is 0 Å². The van der Waals surface area contributed by atoms with Crippen molar-refractivity contribution in [2.75, 3.05) is 13.6 Å². The number of fused-ring (bicyclic) bond motifs is 1. The van der Waals surface area contributed by atoms with Gasteiger partial charge in [-0.3, -0.25) is 14.3 Å². The monoisotopic (exact) mass is 329 g/mol. The van der Waals surface area contributed by atoms with E-state index < -0.39 is 0 Å². The van der Waals surface area contributed by atoms with Crippen LogP contribution in [0.4, 0.5) is 0 Å². The van der Waals surface area contributed by atoms with Crippen molar-refractivity contribution in [2.24, 2.45) is 0 Å². The summed E-state index contributed by atoms with van der Waals surface area (Å²) in [4.78, 5) is 26.1.